The number of nitrogens with one attached hydrogen (secondary N) is 2. The van der Waals surface area contributed by atoms with Crippen molar-refractivity contribution < 1.29 is 4.79 Å². The van der Waals surface area contributed by atoms with Gasteiger partial charge >= 0.3 is 0 Å². The van der Waals surface area contributed by atoms with Crippen LogP contribution in [0.15, 0.2) is 18.2 Å². The van der Waals surface area contributed by atoms with Crippen LogP contribution in [0.5, 0.6) is 0 Å². The van der Waals surface area contributed by atoms with Gasteiger partial charge in [0.05, 0.1) is 6.54 Å². The molecule has 1 saturated heterocycles. The lowest BCUT2D eigenvalue weighted by molar-refractivity contribution is -0.118. The van der Waals surface area contributed by atoms with Crippen molar-refractivity contribution in [1.29, 1.82) is 0 Å². The van der Waals surface area contributed by atoms with Gasteiger partial charge in [-0.05, 0) is 31.4 Å². The van der Waals surface area contributed by atoms with E-state index in [0.717, 1.165) is 37.3 Å². The molecule has 5 heteroatoms. The van der Waals surface area contributed by atoms with E-state index in [1.165, 1.54) is 5.56 Å². The van der Waals surface area contributed by atoms with Crippen LogP contribution in [0, 0.1) is 6.92 Å². The molecule has 118 valence electrons. The molecule has 1 fully saturated rings. The molecule has 0 spiro atoms. The lowest BCUT2D eigenvalue weighted by atomic mass is 10.1. The van der Waals surface area contributed by atoms with E-state index in [0.29, 0.717) is 12.6 Å². The second kappa shape index (κ2) is 8.37. The van der Waals surface area contributed by atoms with Gasteiger partial charge in [0.15, 0.2) is 0 Å². The van der Waals surface area contributed by atoms with Crippen molar-refractivity contribution in [2.75, 3.05) is 31.5 Å². The van der Waals surface area contributed by atoms with Crippen molar-refractivity contribution in [3.05, 3.63) is 29.3 Å². The van der Waals surface area contributed by atoms with E-state index in [-0.39, 0.29) is 18.3 Å². The Kier molecular flexibility index (Phi) is 7.15. The molecule has 2 N–H and O–H groups in total. The van der Waals surface area contributed by atoms with E-state index in [1.807, 2.05) is 19.1 Å². The summed E-state index contributed by atoms with van der Waals surface area (Å²) in [5.41, 5.74) is 3.32. The molecule has 4 nitrogen and oxygen atoms in total. The minimum absolute atomic E-state index is 0. The first-order valence-corrected chi connectivity index (χ1v) is 7.45. The summed E-state index contributed by atoms with van der Waals surface area (Å²) in [6.07, 6.45) is 0.932. The topological polar surface area (TPSA) is 44.4 Å². The summed E-state index contributed by atoms with van der Waals surface area (Å²) in [4.78, 5) is 14.5. The number of anilines is 1. The summed E-state index contributed by atoms with van der Waals surface area (Å²) < 4.78 is 0. The highest BCUT2D eigenvalue weighted by Gasteiger charge is 2.20. The number of aryl methyl sites for hydroxylation is 2. The number of carbonyl (C=O) groups is 1. The number of nitrogens with zero attached hydrogens (tertiary/aromatic N) is 1. The molecule has 0 aromatic heterocycles. The molecule has 2 rings (SSSR count). The van der Waals surface area contributed by atoms with Crippen molar-refractivity contribution in [3.63, 3.8) is 0 Å². The van der Waals surface area contributed by atoms with E-state index < -0.39 is 0 Å². The maximum atomic E-state index is 12.3. The molecule has 0 unspecified atom stereocenters. The highest BCUT2D eigenvalue weighted by molar-refractivity contribution is 5.93. The number of piperazine rings is 1. The fourth-order valence-electron chi connectivity index (χ4n) is 2.68. The van der Waals surface area contributed by atoms with Gasteiger partial charge in [-0.1, -0.05) is 25.1 Å². The van der Waals surface area contributed by atoms with E-state index in [2.05, 4.69) is 35.4 Å². The number of amides is 1. The number of halogens is 1. The van der Waals surface area contributed by atoms with Crippen LogP contribution in [0.2, 0.25) is 0 Å². The van der Waals surface area contributed by atoms with E-state index in [9.17, 15) is 4.79 Å². The second-order valence-corrected chi connectivity index (χ2v) is 5.53. The first kappa shape index (κ1) is 18.0. The summed E-state index contributed by atoms with van der Waals surface area (Å²) >= 11 is 0. The molecule has 0 aliphatic carbocycles. The zero-order valence-corrected chi connectivity index (χ0v) is 13.9. The van der Waals surface area contributed by atoms with Gasteiger partial charge in [0.25, 0.3) is 0 Å². The maximum Gasteiger partial charge on any atom is 0.238 e. The number of para-hydroxylation sites is 1. The Morgan fingerprint density at radius 3 is 2.90 bits per heavy atom. The Morgan fingerprint density at radius 2 is 2.24 bits per heavy atom. The fraction of sp³-hybridized carbons (Fsp3) is 0.562. The number of carbonyl (C=O) groups excluding carboxylic acids is 1. The van der Waals surface area contributed by atoms with Crippen LogP contribution in [0.3, 0.4) is 0 Å². The first-order valence-electron chi connectivity index (χ1n) is 7.45. The van der Waals surface area contributed by atoms with Crippen molar-refractivity contribution >= 4 is 24.0 Å². The average molecular weight is 312 g/mol. The fourth-order valence-corrected chi connectivity index (χ4v) is 2.68. The van der Waals surface area contributed by atoms with Gasteiger partial charge in [-0.25, -0.2) is 0 Å². The first-order chi connectivity index (χ1) is 9.61. The molecule has 1 aromatic rings. The SMILES string of the molecule is CCc1cccc(C)c1NC(=O)CN1CCNC[C@@H]1C.Cl. The van der Waals surface area contributed by atoms with Crippen LogP contribution in [0.25, 0.3) is 0 Å². The Balaban J connectivity index is 0.00000220. The summed E-state index contributed by atoms with van der Waals surface area (Å²) in [6.45, 7) is 9.64. The Morgan fingerprint density at radius 1 is 1.48 bits per heavy atom. The van der Waals surface area contributed by atoms with Gasteiger partial charge in [-0.15, -0.1) is 12.4 Å². The summed E-state index contributed by atoms with van der Waals surface area (Å²) in [5.74, 6) is 0.0859. The van der Waals surface area contributed by atoms with Crippen LogP contribution >= 0.6 is 12.4 Å². The van der Waals surface area contributed by atoms with Crippen molar-refractivity contribution in [3.8, 4) is 0 Å². The largest absolute Gasteiger partial charge is 0.324 e. The number of hydrogen-bond donors (Lipinski definition) is 2. The predicted octanol–water partition coefficient (Wildman–Crippen LogP) is 2.21. The third kappa shape index (κ3) is 4.70. The lowest BCUT2D eigenvalue weighted by Gasteiger charge is -2.33. The molecule has 1 aromatic carbocycles. The highest BCUT2D eigenvalue weighted by atomic mass is 35.5. The van der Waals surface area contributed by atoms with Crippen LogP contribution in [-0.4, -0.2) is 43.0 Å². The average Bonchev–Trinajstić information content (AvgIpc) is 2.43. The minimum Gasteiger partial charge on any atom is -0.324 e. The molecular formula is C16H26ClN3O. The molecule has 0 radical (unpaired) electrons. The smallest absolute Gasteiger partial charge is 0.238 e. The predicted molar refractivity (Wildman–Crippen MR) is 90.3 cm³/mol. The summed E-state index contributed by atoms with van der Waals surface area (Å²) in [5, 5.41) is 6.44. The highest BCUT2D eigenvalue weighted by Crippen LogP contribution is 2.21. The number of rotatable bonds is 4. The standard InChI is InChI=1S/C16H25N3O.ClH/c1-4-14-7-5-6-12(2)16(14)18-15(20)11-19-9-8-17-10-13(19)3;/h5-7,13,17H,4,8-11H2,1-3H3,(H,18,20);1H/t13-;/m0./s1. The quantitative estimate of drug-likeness (QED) is 0.896. The van der Waals surface area contributed by atoms with Crippen LogP contribution in [-0.2, 0) is 11.2 Å². The van der Waals surface area contributed by atoms with Gasteiger partial charge in [-0.2, -0.15) is 0 Å². The van der Waals surface area contributed by atoms with Crippen molar-refractivity contribution in [1.82, 2.24) is 10.2 Å². The lowest BCUT2D eigenvalue weighted by Crippen LogP contribution is -2.52. The third-order valence-electron chi connectivity index (χ3n) is 3.99. The van der Waals surface area contributed by atoms with E-state index >= 15 is 0 Å². The molecule has 21 heavy (non-hydrogen) atoms. The monoisotopic (exact) mass is 311 g/mol. The second-order valence-electron chi connectivity index (χ2n) is 5.53. The van der Waals surface area contributed by atoms with Crippen LogP contribution in [0.1, 0.15) is 25.0 Å². The molecule has 0 bridgehead atoms. The Hall–Kier alpha value is -1.10. The van der Waals surface area contributed by atoms with Gasteiger partial charge < -0.3 is 10.6 Å². The zero-order chi connectivity index (χ0) is 14.5. The van der Waals surface area contributed by atoms with Crippen molar-refractivity contribution in [2.24, 2.45) is 0 Å². The van der Waals surface area contributed by atoms with Gasteiger partial charge in [0.2, 0.25) is 5.91 Å². The Labute approximate surface area is 133 Å². The molecule has 0 saturated carbocycles. The third-order valence-corrected chi connectivity index (χ3v) is 3.99. The van der Waals surface area contributed by atoms with Gasteiger partial charge in [-0.3, -0.25) is 9.69 Å². The number of benzene rings is 1. The van der Waals surface area contributed by atoms with Gasteiger partial charge in [0, 0.05) is 31.4 Å². The molecule has 1 amide bonds. The van der Waals surface area contributed by atoms with Crippen LogP contribution in [0.4, 0.5) is 5.69 Å². The number of hydrogen-bond acceptors (Lipinski definition) is 3. The van der Waals surface area contributed by atoms with E-state index in [4.69, 9.17) is 0 Å². The molecule has 1 aliphatic heterocycles. The van der Waals surface area contributed by atoms with Crippen molar-refractivity contribution in [2.45, 2.75) is 33.2 Å². The van der Waals surface area contributed by atoms with Gasteiger partial charge in [0.1, 0.15) is 0 Å². The van der Waals surface area contributed by atoms with Crippen LogP contribution < -0.4 is 10.6 Å². The minimum atomic E-state index is 0. The maximum absolute atomic E-state index is 12.3. The normalized spacial score (nSPS) is 18.9. The summed E-state index contributed by atoms with van der Waals surface area (Å²) in [6, 6.07) is 6.58. The zero-order valence-electron chi connectivity index (χ0n) is 13.1. The molecular weight excluding hydrogens is 286 g/mol. The Bertz CT molecular complexity index is 479. The molecule has 1 heterocycles. The molecule has 1 atom stereocenters. The summed E-state index contributed by atoms with van der Waals surface area (Å²) in [7, 11) is 0. The van der Waals surface area contributed by atoms with E-state index in [1.54, 1.807) is 0 Å². The molecule has 1 aliphatic rings.